The molecular weight excluding hydrogens is 205 g/mol. The van der Waals surface area contributed by atoms with Gasteiger partial charge in [-0.15, -0.1) is 0 Å². The third-order valence-electron chi connectivity index (χ3n) is 1.65. The van der Waals surface area contributed by atoms with E-state index in [0.717, 1.165) is 12.1 Å². The minimum atomic E-state index is -0.829. The number of rotatable bonds is 3. The predicted molar refractivity (Wildman–Crippen MR) is 49.0 cm³/mol. The van der Waals surface area contributed by atoms with E-state index in [1.807, 2.05) is 0 Å². The lowest BCUT2D eigenvalue weighted by molar-refractivity contribution is -0.385. The quantitative estimate of drug-likeness (QED) is 0.437. The Labute approximate surface area is 84.6 Å². The summed E-state index contributed by atoms with van der Waals surface area (Å²) in [4.78, 5) is 20.9. The summed E-state index contributed by atoms with van der Waals surface area (Å²) in [6, 6.07) is 2.69. The van der Waals surface area contributed by atoms with E-state index in [-0.39, 0.29) is 12.2 Å². The molecule has 0 aromatic heterocycles. The fraction of sp³-hybridized carbons (Fsp3) is 0.222. The number of nitro benzene ring substituents is 1. The lowest BCUT2D eigenvalue weighted by Gasteiger charge is -2.02. The summed E-state index contributed by atoms with van der Waals surface area (Å²) in [5, 5.41) is 10.5. The smallest absolute Gasteiger partial charge is 0.345 e. The van der Waals surface area contributed by atoms with Crippen molar-refractivity contribution in [2.24, 2.45) is 0 Å². The predicted octanol–water partition coefficient (Wildman–Crippen LogP) is 1.91. The highest BCUT2D eigenvalue weighted by atomic mass is 19.1. The zero-order valence-corrected chi connectivity index (χ0v) is 7.90. The van der Waals surface area contributed by atoms with Gasteiger partial charge < -0.3 is 4.74 Å². The zero-order valence-electron chi connectivity index (χ0n) is 7.90. The largest absolute Gasteiger partial charge is 0.462 e. The fourth-order valence-electron chi connectivity index (χ4n) is 1.04. The Balaban J connectivity index is 3.17. The number of esters is 1. The summed E-state index contributed by atoms with van der Waals surface area (Å²) >= 11 is 0. The molecule has 0 N–H and O–H groups in total. The molecule has 1 rings (SSSR count). The second kappa shape index (κ2) is 4.50. The Bertz CT molecular complexity index is 405. The van der Waals surface area contributed by atoms with E-state index >= 15 is 0 Å². The first-order valence-electron chi connectivity index (χ1n) is 4.17. The van der Waals surface area contributed by atoms with Gasteiger partial charge in [-0.05, 0) is 19.1 Å². The molecule has 0 fully saturated rings. The molecule has 1 aromatic carbocycles. The van der Waals surface area contributed by atoms with Crippen molar-refractivity contribution in [3.63, 3.8) is 0 Å². The second-order valence-electron chi connectivity index (χ2n) is 2.64. The summed E-state index contributed by atoms with van der Waals surface area (Å²) in [5.74, 6) is -1.60. The van der Waals surface area contributed by atoms with Crippen LogP contribution in [0.2, 0.25) is 0 Å². The summed E-state index contributed by atoms with van der Waals surface area (Å²) in [5.41, 5.74) is -0.836. The van der Waals surface area contributed by atoms with E-state index in [1.165, 1.54) is 0 Å². The number of carbonyl (C=O) groups excluding carboxylic acids is 1. The monoisotopic (exact) mass is 213 g/mol. The van der Waals surface area contributed by atoms with E-state index in [0.29, 0.717) is 6.07 Å². The lowest BCUT2D eigenvalue weighted by atomic mass is 10.2. The molecule has 0 heterocycles. The molecule has 0 radical (unpaired) electrons. The van der Waals surface area contributed by atoms with Crippen LogP contribution in [-0.4, -0.2) is 17.5 Å². The summed E-state index contributed by atoms with van der Waals surface area (Å²) in [6.07, 6.45) is 0. The van der Waals surface area contributed by atoms with E-state index < -0.39 is 22.4 Å². The number of hydrogen-bond acceptors (Lipinski definition) is 4. The van der Waals surface area contributed by atoms with Gasteiger partial charge in [0.1, 0.15) is 11.4 Å². The summed E-state index contributed by atoms with van der Waals surface area (Å²) in [7, 11) is 0. The highest BCUT2D eigenvalue weighted by molar-refractivity contribution is 5.93. The fourth-order valence-corrected chi connectivity index (χ4v) is 1.04. The number of ether oxygens (including phenoxy) is 1. The molecule has 0 saturated carbocycles. The van der Waals surface area contributed by atoms with Crippen LogP contribution in [0.25, 0.3) is 0 Å². The van der Waals surface area contributed by atoms with E-state index in [2.05, 4.69) is 4.74 Å². The third kappa shape index (κ3) is 2.49. The first-order valence-corrected chi connectivity index (χ1v) is 4.17. The van der Waals surface area contributed by atoms with Crippen LogP contribution in [0.3, 0.4) is 0 Å². The molecule has 15 heavy (non-hydrogen) atoms. The molecule has 5 nitrogen and oxygen atoms in total. The standard InChI is InChI=1S/C9H8FNO4/c1-2-15-9(12)7-4-3-6(10)5-8(7)11(13)14/h3-5H,2H2,1H3. The van der Waals surface area contributed by atoms with Crippen LogP contribution in [0.4, 0.5) is 10.1 Å². The molecule has 0 spiro atoms. The van der Waals surface area contributed by atoms with E-state index in [1.54, 1.807) is 6.92 Å². The number of nitrogens with zero attached hydrogens (tertiary/aromatic N) is 1. The highest BCUT2D eigenvalue weighted by Gasteiger charge is 2.21. The van der Waals surface area contributed by atoms with Crippen LogP contribution in [0, 0.1) is 15.9 Å². The van der Waals surface area contributed by atoms with Crippen molar-refractivity contribution in [1.29, 1.82) is 0 Å². The zero-order chi connectivity index (χ0) is 11.4. The maximum Gasteiger partial charge on any atom is 0.345 e. The minimum Gasteiger partial charge on any atom is -0.462 e. The van der Waals surface area contributed by atoms with Crippen molar-refractivity contribution in [3.8, 4) is 0 Å². The maximum atomic E-state index is 12.7. The topological polar surface area (TPSA) is 69.4 Å². The molecule has 0 unspecified atom stereocenters. The molecule has 0 amide bonds. The van der Waals surface area contributed by atoms with Gasteiger partial charge in [0.2, 0.25) is 0 Å². The van der Waals surface area contributed by atoms with Crippen LogP contribution in [0.5, 0.6) is 0 Å². The molecular formula is C9H8FNO4. The van der Waals surface area contributed by atoms with Crippen molar-refractivity contribution >= 4 is 11.7 Å². The average molecular weight is 213 g/mol. The number of nitro groups is 1. The molecule has 0 aliphatic heterocycles. The Morgan fingerprint density at radius 2 is 2.27 bits per heavy atom. The van der Waals surface area contributed by atoms with Crippen LogP contribution in [-0.2, 0) is 4.74 Å². The molecule has 80 valence electrons. The first-order chi connectivity index (χ1) is 7.06. The van der Waals surface area contributed by atoms with Gasteiger partial charge in [0.05, 0.1) is 17.6 Å². The minimum absolute atomic E-state index is 0.105. The van der Waals surface area contributed by atoms with Gasteiger partial charge in [-0.2, -0.15) is 0 Å². The van der Waals surface area contributed by atoms with Crippen molar-refractivity contribution in [3.05, 3.63) is 39.7 Å². The lowest BCUT2D eigenvalue weighted by Crippen LogP contribution is -2.08. The van der Waals surface area contributed by atoms with Gasteiger partial charge in [0.25, 0.3) is 5.69 Å². The van der Waals surface area contributed by atoms with E-state index in [9.17, 15) is 19.3 Å². The van der Waals surface area contributed by atoms with Gasteiger partial charge in [0, 0.05) is 0 Å². The second-order valence-corrected chi connectivity index (χ2v) is 2.64. The summed E-state index contributed by atoms with van der Waals surface area (Å²) < 4.78 is 17.3. The number of benzene rings is 1. The molecule has 0 aliphatic rings. The molecule has 0 saturated heterocycles. The number of carbonyl (C=O) groups is 1. The van der Waals surface area contributed by atoms with Gasteiger partial charge in [0.15, 0.2) is 0 Å². The molecule has 6 heteroatoms. The number of halogens is 1. The molecule has 1 aromatic rings. The van der Waals surface area contributed by atoms with Crippen molar-refractivity contribution in [1.82, 2.24) is 0 Å². The van der Waals surface area contributed by atoms with Crippen LogP contribution in [0.15, 0.2) is 18.2 Å². The molecule has 0 atom stereocenters. The van der Waals surface area contributed by atoms with E-state index in [4.69, 9.17) is 0 Å². The SMILES string of the molecule is CCOC(=O)c1ccc(F)cc1[N+](=O)[O-]. The maximum absolute atomic E-state index is 12.7. The van der Waals surface area contributed by atoms with Gasteiger partial charge >= 0.3 is 5.97 Å². The molecule has 0 aliphatic carbocycles. The van der Waals surface area contributed by atoms with Crippen molar-refractivity contribution in [2.45, 2.75) is 6.92 Å². The van der Waals surface area contributed by atoms with Crippen molar-refractivity contribution < 1.29 is 18.8 Å². The van der Waals surface area contributed by atoms with Crippen LogP contribution >= 0.6 is 0 Å². The first kappa shape index (κ1) is 11.1. The van der Waals surface area contributed by atoms with Crippen molar-refractivity contribution in [2.75, 3.05) is 6.61 Å². The van der Waals surface area contributed by atoms with Crippen LogP contribution in [0.1, 0.15) is 17.3 Å². The van der Waals surface area contributed by atoms with Gasteiger partial charge in [-0.1, -0.05) is 0 Å². The van der Waals surface area contributed by atoms with Crippen LogP contribution < -0.4 is 0 Å². The Hall–Kier alpha value is -1.98. The van der Waals surface area contributed by atoms with Gasteiger partial charge in [-0.3, -0.25) is 10.1 Å². The molecule has 0 bridgehead atoms. The highest BCUT2D eigenvalue weighted by Crippen LogP contribution is 2.20. The Kier molecular flexibility index (Phi) is 3.33. The number of hydrogen-bond donors (Lipinski definition) is 0. The normalized spacial score (nSPS) is 9.73. The van der Waals surface area contributed by atoms with Gasteiger partial charge in [-0.25, -0.2) is 9.18 Å². The summed E-state index contributed by atoms with van der Waals surface area (Å²) in [6.45, 7) is 1.68. The third-order valence-corrected chi connectivity index (χ3v) is 1.65. The Morgan fingerprint density at radius 1 is 1.60 bits per heavy atom. The average Bonchev–Trinajstić information content (AvgIpc) is 2.17. The Morgan fingerprint density at radius 3 is 2.80 bits per heavy atom.